The summed E-state index contributed by atoms with van der Waals surface area (Å²) in [7, 11) is 0. The molecule has 4 aliphatic carbocycles. The molecule has 4 bridgehead atoms. The number of pyridine rings is 1. The monoisotopic (exact) mass is 328 g/mol. The molecule has 2 unspecified atom stereocenters. The van der Waals surface area contributed by atoms with Gasteiger partial charge in [-0.05, 0) is 67.9 Å². The molecule has 4 aliphatic rings. The van der Waals surface area contributed by atoms with Gasteiger partial charge in [0.15, 0.2) is 0 Å². The zero-order valence-corrected chi connectivity index (χ0v) is 14.0. The first kappa shape index (κ1) is 15.6. The van der Waals surface area contributed by atoms with Crippen molar-refractivity contribution >= 4 is 11.9 Å². The van der Waals surface area contributed by atoms with Crippen LogP contribution in [0.4, 0.5) is 0 Å². The Morgan fingerprint density at radius 2 is 1.88 bits per heavy atom. The van der Waals surface area contributed by atoms with Crippen LogP contribution in [0.25, 0.3) is 0 Å². The lowest BCUT2D eigenvalue weighted by atomic mass is 9.46. The van der Waals surface area contributed by atoms with E-state index in [9.17, 15) is 9.59 Å². The fourth-order valence-corrected chi connectivity index (χ4v) is 6.00. The van der Waals surface area contributed by atoms with Gasteiger partial charge in [-0.3, -0.25) is 4.79 Å². The lowest BCUT2D eigenvalue weighted by molar-refractivity contribution is -0.0795. The van der Waals surface area contributed by atoms with Gasteiger partial charge in [-0.15, -0.1) is 0 Å². The maximum atomic E-state index is 12.7. The van der Waals surface area contributed by atoms with E-state index in [1.165, 1.54) is 31.7 Å². The van der Waals surface area contributed by atoms with E-state index < -0.39 is 5.97 Å². The van der Waals surface area contributed by atoms with Crippen molar-refractivity contribution in [2.75, 3.05) is 0 Å². The number of nitrogens with one attached hydrogen (secondary N) is 1. The lowest BCUT2D eigenvalue weighted by Crippen LogP contribution is -2.63. The van der Waals surface area contributed by atoms with Crippen LogP contribution in [0.2, 0.25) is 0 Å². The Hall–Kier alpha value is -1.91. The number of hydrogen-bond donors (Lipinski definition) is 2. The van der Waals surface area contributed by atoms with E-state index in [0.29, 0.717) is 5.41 Å². The number of rotatable bonds is 4. The second-order valence-corrected chi connectivity index (χ2v) is 8.26. The zero-order valence-electron chi connectivity index (χ0n) is 14.0. The highest BCUT2D eigenvalue weighted by Gasteiger charge is 2.57. The maximum Gasteiger partial charge on any atom is 0.354 e. The van der Waals surface area contributed by atoms with E-state index in [4.69, 9.17) is 5.11 Å². The summed E-state index contributed by atoms with van der Waals surface area (Å²) in [6.45, 7) is 2.28. The minimum atomic E-state index is -1.11. The third-order valence-corrected chi connectivity index (χ3v) is 6.51. The van der Waals surface area contributed by atoms with Crippen LogP contribution >= 0.6 is 0 Å². The molecule has 4 fully saturated rings. The van der Waals surface area contributed by atoms with Gasteiger partial charge in [0.1, 0.15) is 11.4 Å². The fraction of sp³-hybridized carbons (Fsp3) is 0.632. The van der Waals surface area contributed by atoms with Crippen LogP contribution in [-0.4, -0.2) is 27.5 Å². The molecule has 0 saturated heterocycles. The van der Waals surface area contributed by atoms with E-state index in [0.717, 1.165) is 31.1 Å². The van der Waals surface area contributed by atoms with Crippen LogP contribution in [0.5, 0.6) is 0 Å². The lowest BCUT2D eigenvalue weighted by Gasteiger charge is -2.62. The molecular weight excluding hydrogens is 304 g/mol. The second kappa shape index (κ2) is 5.30. The molecule has 0 radical (unpaired) electrons. The van der Waals surface area contributed by atoms with Gasteiger partial charge in [-0.1, -0.05) is 19.4 Å². The zero-order chi connectivity index (χ0) is 16.9. The van der Waals surface area contributed by atoms with Crippen molar-refractivity contribution in [3.05, 3.63) is 29.6 Å². The van der Waals surface area contributed by atoms with Gasteiger partial charge in [-0.25, -0.2) is 9.78 Å². The average molecular weight is 328 g/mol. The maximum absolute atomic E-state index is 12.7. The molecule has 2 atom stereocenters. The summed E-state index contributed by atoms with van der Waals surface area (Å²) in [5.74, 6) is 0.116. The second-order valence-electron chi connectivity index (χ2n) is 8.26. The van der Waals surface area contributed by atoms with Gasteiger partial charge < -0.3 is 10.4 Å². The first-order valence-corrected chi connectivity index (χ1v) is 8.95. The Morgan fingerprint density at radius 1 is 1.21 bits per heavy atom. The highest BCUT2D eigenvalue weighted by Crippen LogP contribution is 2.62. The smallest absolute Gasteiger partial charge is 0.354 e. The van der Waals surface area contributed by atoms with E-state index in [-0.39, 0.29) is 22.8 Å². The Morgan fingerprint density at radius 3 is 2.50 bits per heavy atom. The van der Waals surface area contributed by atoms with Crippen LogP contribution in [0.15, 0.2) is 18.2 Å². The van der Waals surface area contributed by atoms with E-state index in [1.807, 2.05) is 0 Å². The SMILES string of the molecule is CCC12CC3CC(C1)CC(NC(=O)c1cccc(C(=O)O)n1)(C3)C2. The van der Waals surface area contributed by atoms with Gasteiger partial charge in [0, 0.05) is 5.54 Å². The highest BCUT2D eigenvalue weighted by atomic mass is 16.4. The van der Waals surface area contributed by atoms with Crippen LogP contribution in [-0.2, 0) is 0 Å². The molecule has 24 heavy (non-hydrogen) atoms. The molecule has 5 heteroatoms. The molecule has 5 nitrogen and oxygen atoms in total. The van der Waals surface area contributed by atoms with Gasteiger partial charge in [-0.2, -0.15) is 0 Å². The Kier molecular flexibility index (Phi) is 3.44. The quantitative estimate of drug-likeness (QED) is 0.889. The van der Waals surface area contributed by atoms with E-state index in [1.54, 1.807) is 12.1 Å². The summed E-state index contributed by atoms with van der Waals surface area (Å²) in [6.07, 6.45) is 8.31. The third-order valence-electron chi connectivity index (χ3n) is 6.51. The number of amides is 1. The summed E-state index contributed by atoms with van der Waals surface area (Å²) in [5, 5.41) is 12.3. The highest BCUT2D eigenvalue weighted by molar-refractivity contribution is 5.94. The normalized spacial score (nSPS) is 36.5. The van der Waals surface area contributed by atoms with Crippen LogP contribution in [0, 0.1) is 17.3 Å². The van der Waals surface area contributed by atoms with Gasteiger partial charge >= 0.3 is 5.97 Å². The van der Waals surface area contributed by atoms with Crippen molar-refractivity contribution in [1.82, 2.24) is 10.3 Å². The van der Waals surface area contributed by atoms with Gasteiger partial charge in [0.25, 0.3) is 5.91 Å². The molecule has 0 aromatic carbocycles. The fourth-order valence-electron chi connectivity index (χ4n) is 6.00. The van der Waals surface area contributed by atoms with Crippen molar-refractivity contribution < 1.29 is 14.7 Å². The summed E-state index contributed by atoms with van der Waals surface area (Å²) in [6, 6.07) is 4.59. The number of carboxylic acid groups (broad SMARTS) is 1. The number of carbonyl (C=O) groups is 2. The van der Waals surface area contributed by atoms with E-state index in [2.05, 4.69) is 17.2 Å². The van der Waals surface area contributed by atoms with Gasteiger partial charge in [0.2, 0.25) is 0 Å². The molecule has 1 amide bonds. The Balaban J connectivity index is 1.57. The molecule has 0 spiro atoms. The Labute approximate surface area is 141 Å². The number of aromatic nitrogens is 1. The minimum absolute atomic E-state index is 0.0850. The van der Waals surface area contributed by atoms with Crippen LogP contribution < -0.4 is 5.32 Å². The van der Waals surface area contributed by atoms with Crippen molar-refractivity contribution in [2.45, 2.75) is 57.4 Å². The van der Waals surface area contributed by atoms with Crippen molar-refractivity contribution in [2.24, 2.45) is 17.3 Å². The topological polar surface area (TPSA) is 79.3 Å². The summed E-state index contributed by atoms with van der Waals surface area (Å²) in [5.41, 5.74) is 0.403. The standard InChI is InChI=1S/C19H24N2O3/c1-2-18-7-12-6-13(8-18)10-19(9-12,11-18)21-16(22)14-4-3-5-15(20-14)17(23)24/h3-5,12-13H,2,6-11H2,1H3,(H,21,22)(H,23,24). The van der Waals surface area contributed by atoms with E-state index >= 15 is 0 Å². The molecule has 1 aromatic heterocycles. The minimum Gasteiger partial charge on any atom is -0.477 e. The van der Waals surface area contributed by atoms with Crippen molar-refractivity contribution in [3.8, 4) is 0 Å². The largest absolute Gasteiger partial charge is 0.477 e. The number of aromatic carboxylic acids is 1. The first-order chi connectivity index (χ1) is 11.4. The number of nitrogens with zero attached hydrogens (tertiary/aromatic N) is 1. The average Bonchev–Trinajstić information content (AvgIpc) is 2.53. The molecule has 5 rings (SSSR count). The number of carbonyl (C=O) groups excluding carboxylic acids is 1. The molecule has 2 N–H and O–H groups in total. The molecule has 4 saturated carbocycles. The number of hydrogen-bond acceptors (Lipinski definition) is 3. The van der Waals surface area contributed by atoms with Crippen LogP contribution in [0.1, 0.15) is 72.8 Å². The molecular formula is C19H24N2O3. The molecule has 1 aromatic rings. The Bertz CT molecular complexity index is 686. The summed E-state index contributed by atoms with van der Waals surface area (Å²) in [4.78, 5) is 27.8. The molecule has 0 aliphatic heterocycles. The van der Waals surface area contributed by atoms with Gasteiger partial charge in [0.05, 0.1) is 0 Å². The first-order valence-electron chi connectivity index (χ1n) is 8.95. The number of carboxylic acids is 1. The summed E-state index contributed by atoms with van der Waals surface area (Å²) >= 11 is 0. The predicted octanol–water partition coefficient (Wildman–Crippen LogP) is 3.26. The predicted molar refractivity (Wildman–Crippen MR) is 88.8 cm³/mol. The molecule has 1 heterocycles. The third kappa shape index (κ3) is 2.50. The molecule has 128 valence electrons. The summed E-state index contributed by atoms with van der Waals surface area (Å²) < 4.78 is 0. The van der Waals surface area contributed by atoms with Crippen molar-refractivity contribution in [1.29, 1.82) is 0 Å². The van der Waals surface area contributed by atoms with Crippen molar-refractivity contribution in [3.63, 3.8) is 0 Å². The van der Waals surface area contributed by atoms with Crippen LogP contribution in [0.3, 0.4) is 0 Å².